The summed E-state index contributed by atoms with van der Waals surface area (Å²) in [4.78, 5) is 14.8. The van der Waals surface area contributed by atoms with E-state index in [9.17, 15) is 4.79 Å². The zero-order valence-electron chi connectivity index (χ0n) is 13.7. The minimum atomic E-state index is -0.0339. The van der Waals surface area contributed by atoms with Crippen LogP contribution in [0.1, 0.15) is 24.1 Å². The second-order valence-corrected chi connectivity index (χ2v) is 6.28. The maximum atomic E-state index is 12.8. The molecule has 0 spiro atoms. The van der Waals surface area contributed by atoms with Gasteiger partial charge < -0.3 is 10.2 Å². The highest BCUT2D eigenvalue weighted by atomic mass is 16.2. The van der Waals surface area contributed by atoms with Gasteiger partial charge in [-0.25, -0.2) is 4.79 Å². The van der Waals surface area contributed by atoms with Gasteiger partial charge in [-0.1, -0.05) is 60.7 Å². The Morgan fingerprint density at radius 1 is 1.00 bits per heavy atom. The molecule has 2 amide bonds. The molecule has 1 aliphatic rings. The van der Waals surface area contributed by atoms with Gasteiger partial charge in [0.2, 0.25) is 0 Å². The number of anilines is 1. The lowest BCUT2D eigenvalue weighted by Crippen LogP contribution is -2.41. The number of carbonyl (C=O) groups excluding carboxylic acids is 1. The summed E-state index contributed by atoms with van der Waals surface area (Å²) >= 11 is 0. The smallest absolute Gasteiger partial charge is 0.317 e. The van der Waals surface area contributed by atoms with Gasteiger partial charge in [0.1, 0.15) is 0 Å². The number of amides is 2. The lowest BCUT2D eigenvalue weighted by molar-refractivity contribution is 0.188. The fourth-order valence-corrected chi connectivity index (χ4v) is 3.57. The number of hydrogen-bond acceptors (Lipinski definition) is 1. The van der Waals surface area contributed by atoms with E-state index in [1.54, 1.807) is 0 Å². The minimum Gasteiger partial charge on any atom is -0.317 e. The van der Waals surface area contributed by atoms with Gasteiger partial charge in [-0.3, -0.25) is 0 Å². The normalized spacial score (nSPS) is 16.7. The van der Waals surface area contributed by atoms with Crippen molar-refractivity contribution in [3.05, 3.63) is 77.9 Å². The van der Waals surface area contributed by atoms with Crippen molar-refractivity contribution in [2.24, 2.45) is 0 Å². The van der Waals surface area contributed by atoms with Crippen molar-refractivity contribution in [3.63, 3.8) is 0 Å². The lowest BCUT2D eigenvalue weighted by Gasteiger charge is -2.35. The average Bonchev–Trinajstić information content (AvgIpc) is 2.62. The third kappa shape index (κ3) is 2.52. The summed E-state index contributed by atoms with van der Waals surface area (Å²) in [5.41, 5.74) is 3.46. The maximum absolute atomic E-state index is 12.8. The molecule has 1 N–H and O–H groups in total. The van der Waals surface area contributed by atoms with E-state index in [0.717, 1.165) is 29.4 Å². The summed E-state index contributed by atoms with van der Waals surface area (Å²) < 4.78 is 0. The van der Waals surface area contributed by atoms with Crippen LogP contribution in [0.25, 0.3) is 10.8 Å². The van der Waals surface area contributed by atoms with Crippen LogP contribution < -0.4 is 5.32 Å². The molecule has 3 nitrogen and oxygen atoms in total. The first-order valence-corrected chi connectivity index (χ1v) is 8.37. The summed E-state index contributed by atoms with van der Waals surface area (Å²) in [6, 6.07) is 22.6. The van der Waals surface area contributed by atoms with Gasteiger partial charge in [0.05, 0.1) is 11.7 Å². The number of fused-ring (bicyclic) bond motifs is 2. The summed E-state index contributed by atoms with van der Waals surface area (Å²) in [5.74, 6) is 0. The first kappa shape index (κ1) is 14.8. The third-order valence-corrected chi connectivity index (χ3v) is 4.89. The summed E-state index contributed by atoms with van der Waals surface area (Å²) in [5, 5.41) is 5.30. The number of urea groups is 1. The largest absolute Gasteiger partial charge is 0.322 e. The topological polar surface area (TPSA) is 32.3 Å². The highest BCUT2D eigenvalue weighted by Gasteiger charge is 2.27. The van der Waals surface area contributed by atoms with Gasteiger partial charge in [0.15, 0.2) is 0 Å². The van der Waals surface area contributed by atoms with Gasteiger partial charge >= 0.3 is 6.03 Å². The molecule has 4 rings (SSSR count). The molecule has 1 unspecified atom stereocenters. The first-order valence-electron chi connectivity index (χ1n) is 8.37. The van der Waals surface area contributed by atoms with E-state index in [1.165, 1.54) is 11.1 Å². The lowest BCUT2D eigenvalue weighted by atomic mass is 9.94. The van der Waals surface area contributed by atoms with Crippen molar-refractivity contribution >= 4 is 22.5 Å². The van der Waals surface area contributed by atoms with E-state index >= 15 is 0 Å². The van der Waals surface area contributed by atoms with E-state index in [2.05, 4.69) is 42.6 Å². The van der Waals surface area contributed by atoms with Crippen LogP contribution in [-0.4, -0.2) is 17.5 Å². The summed E-state index contributed by atoms with van der Waals surface area (Å²) in [6.07, 6.45) is 0.906. The molecule has 3 aromatic carbocycles. The fourth-order valence-electron chi connectivity index (χ4n) is 3.57. The molecule has 0 aliphatic carbocycles. The Kier molecular flexibility index (Phi) is 3.69. The Morgan fingerprint density at radius 2 is 1.75 bits per heavy atom. The molecule has 3 heteroatoms. The highest BCUT2D eigenvalue weighted by Crippen LogP contribution is 2.30. The van der Waals surface area contributed by atoms with E-state index in [0.29, 0.717) is 0 Å². The fraction of sp³-hybridized carbons (Fsp3) is 0.190. The molecule has 1 aliphatic heterocycles. The van der Waals surface area contributed by atoms with Gasteiger partial charge in [-0.15, -0.1) is 0 Å². The Morgan fingerprint density at radius 3 is 2.67 bits per heavy atom. The van der Waals surface area contributed by atoms with E-state index in [4.69, 9.17) is 0 Å². The third-order valence-electron chi connectivity index (χ3n) is 4.89. The number of nitrogens with one attached hydrogen (secondary N) is 1. The Labute approximate surface area is 141 Å². The molecule has 0 aromatic heterocycles. The van der Waals surface area contributed by atoms with Crippen molar-refractivity contribution in [3.8, 4) is 0 Å². The molecular weight excluding hydrogens is 296 g/mol. The molecule has 24 heavy (non-hydrogen) atoms. The SMILES string of the molecule is CC1c2ccccc2CCN1C(=O)Nc1cccc2ccccc12. The standard InChI is InChI=1S/C21H20N2O/c1-15-18-10-4-2-8-17(18)13-14-23(15)21(24)22-20-12-6-9-16-7-3-5-11-19(16)20/h2-12,15H,13-14H2,1H3,(H,22,24). The second-order valence-electron chi connectivity index (χ2n) is 6.28. The zero-order valence-corrected chi connectivity index (χ0v) is 13.7. The van der Waals surface area contributed by atoms with Gasteiger partial charge in [-0.2, -0.15) is 0 Å². The van der Waals surface area contributed by atoms with Gasteiger partial charge in [0.25, 0.3) is 0 Å². The monoisotopic (exact) mass is 316 g/mol. The number of nitrogens with zero attached hydrogens (tertiary/aromatic N) is 1. The van der Waals surface area contributed by atoms with Crippen LogP contribution in [-0.2, 0) is 6.42 Å². The van der Waals surface area contributed by atoms with Crippen LogP contribution in [0.5, 0.6) is 0 Å². The Bertz CT molecular complexity index is 898. The Hall–Kier alpha value is -2.81. The van der Waals surface area contributed by atoms with Crippen LogP contribution in [0.15, 0.2) is 66.7 Å². The van der Waals surface area contributed by atoms with Crippen molar-refractivity contribution in [2.75, 3.05) is 11.9 Å². The van der Waals surface area contributed by atoms with Crippen molar-refractivity contribution in [1.29, 1.82) is 0 Å². The molecule has 0 saturated carbocycles. The molecule has 3 aromatic rings. The van der Waals surface area contributed by atoms with Crippen LogP contribution in [0.4, 0.5) is 10.5 Å². The average molecular weight is 316 g/mol. The zero-order chi connectivity index (χ0) is 16.5. The molecule has 120 valence electrons. The quantitative estimate of drug-likeness (QED) is 0.674. The van der Waals surface area contributed by atoms with Gasteiger partial charge in [0, 0.05) is 11.9 Å². The second kappa shape index (κ2) is 6.00. The van der Waals surface area contributed by atoms with E-state index in [1.807, 2.05) is 41.3 Å². The maximum Gasteiger partial charge on any atom is 0.322 e. The molecule has 0 radical (unpaired) electrons. The predicted molar refractivity (Wildman–Crippen MR) is 98.2 cm³/mol. The molecular formula is C21H20N2O. The van der Waals surface area contributed by atoms with Crippen molar-refractivity contribution in [2.45, 2.75) is 19.4 Å². The highest BCUT2D eigenvalue weighted by molar-refractivity contribution is 6.01. The predicted octanol–water partition coefficient (Wildman–Crippen LogP) is 4.99. The number of hydrogen-bond donors (Lipinski definition) is 1. The summed E-state index contributed by atoms with van der Waals surface area (Å²) in [7, 11) is 0. The van der Waals surface area contributed by atoms with Crippen LogP contribution in [0, 0.1) is 0 Å². The number of carbonyl (C=O) groups is 1. The molecule has 0 saturated heterocycles. The van der Waals surface area contributed by atoms with E-state index < -0.39 is 0 Å². The molecule has 1 atom stereocenters. The molecule has 1 heterocycles. The molecule has 0 fully saturated rings. The minimum absolute atomic E-state index is 0.0339. The van der Waals surface area contributed by atoms with Crippen molar-refractivity contribution < 1.29 is 4.79 Å². The van der Waals surface area contributed by atoms with Crippen molar-refractivity contribution in [1.82, 2.24) is 4.90 Å². The van der Waals surface area contributed by atoms with E-state index in [-0.39, 0.29) is 12.1 Å². The van der Waals surface area contributed by atoms with Crippen LogP contribution in [0.3, 0.4) is 0 Å². The molecule has 0 bridgehead atoms. The Balaban J connectivity index is 1.61. The van der Waals surface area contributed by atoms with Gasteiger partial charge in [-0.05, 0) is 35.9 Å². The number of rotatable bonds is 1. The van der Waals surface area contributed by atoms with Crippen LogP contribution in [0.2, 0.25) is 0 Å². The number of benzene rings is 3. The first-order chi connectivity index (χ1) is 11.7. The summed E-state index contributed by atoms with van der Waals surface area (Å²) in [6.45, 7) is 2.84. The van der Waals surface area contributed by atoms with Crippen LogP contribution >= 0.6 is 0 Å².